The lowest BCUT2D eigenvalue weighted by Crippen LogP contribution is -2.49. The minimum atomic E-state index is -3.90. The molecule has 2 unspecified atom stereocenters. The summed E-state index contributed by atoms with van der Waals surface area (Å²) in [5, 5.41) is 1.07. The van der Waals surface area contributed by atoms with Gasteiger partial charge in [0.05, 0.1) is 18.2 Å². The number of fused-ring (bicyclic) bond motifs is 5. The van der Waals surface area contributed by atoms with Crippen LogP contribution in [0.3, 0.4) is 0 Å². The first kappa shape index (κ1) is 33.1. The van der Waals surface area contributed by atoms with Gasteiger partial charge in [-0.25, -0.2) is 4.72 Å². The predicted molar refractivity (Wildman–Crippen MR) is 188 cm³/mol. The molecule has 1 saturated carbocycles. The van der Waals surface area contributed by atoms with Crippen molar-refractivity contribution in [2.75, 3.05) is 53.4 Å². The Balaban J connectivity index is 1.42. The van der Waals surface area contributed by atoms with Crippen LogP contribution in [-0.4, -0.2) is 92.3 Å². The van der Waals surface area contributed by atoms with Crippen molar-refractivity contribution in [2.45, 2.75) is 77.2 Å². The molecule has 1 aromatic heterocycles. The first-order valence-electron chi connectivity index (χ1n) is 17.7. The molecule has 10 nitrogen and oxygen atoms in total. The number of amides is 2. The number of hydrogen-bond acceptors (Lipinski definition) is 6. The minimum absolute atomic E-state index is 0.126. The Morgan fingerprint density at radius 3 is 2.38 bits per heavy atom. The van der Waals surface area contributed by atoms with E-state index in [9.17, 15) is 18.0 Å². The van der Waals surface area contributed by atoms with Crippen molar-refractivity contribution in [2.24, 2.45) is 5.41 Å². The van der Waals surface area contributed by atoms with Crippen LogP contribution in [0.2, 0.25) is 0 Å². The van der Waals surface area contributed by atoms with Crippen molar-refractivity contribution < 1.29 is 22.7 Å². The van der Waals surface area contributed by atoms with E-state index < -0.39 is 21.5 Å². The summed E-state index contributed by atoms with van der Waals surface area (Å²) in [6, 6.07) is 11.9. The summed E-state index contributed by atoms with van der Waals surface area (Å²) in [5.74, 6) is 0.479. The van der Waals surface area contributed by atoms with Crippen LogP contribution < -0.4 is 9.46 Å². The maximum Gasteiger partial charge on any atom is 0.304 e. The fourth-order valence-corrected chi connectivity index (χ4v) is 9.68. The van der Waals surface area contributed by atoms with Gasteiger partial charge in [0.25, 0.3) is 5.91 Å². The van der Waals surface area contributed by atoms with Crippen molar-refractivity contribution in [3.8, 4) is 17.0 Å². The molecule has 2 amide bonds. The van der Waals surface area contributed by atoms with Crippen LogP contribution >= 0.6 is 0 Å². The standard InChI is InChI=1S/C37H49N5O5S/c1-25-31-23-28(47-4)13-15-29(31)34-33(26-10-6-5-7-11-26)30-14-12-27(35(43)38-48(45,46)41-18-9-19-41)22-32(30)42(34)24-37(25,2)36(44)40-17-8-16-39(3)20-21-40/h12-15,22-23,25-26H,5-11,16-21,24H2,1-4H3,(H,38,43). The summed E-state index contributed by atoms with van der Waals surface area (Å²) in [7, 11) is -0.109. The van der Waals surface area contributed by atoms with Gasteiger partial charge in [0, 0.05) is 61.3 Å². The molecule has 4 heterocycles. The molecule has 4 aliphatic rings. The second-order valence-electron chi connectivity index (χ2n) is 14.6. The number of ether oxygens (including phenoxy) is 1. The number of rotatable bonds is 6. The van der Waals surface area contributed by atoms with Crippen molar-refractivity contribution in [1.82, 2.24) is 23.4 Å². The highest BCUT2D eigenvalue weighted by Crippen LogP contribution is 2.52. The number of nitrogens with zero attached hydrogens (tertiary/aromatic N) is 4. The van der Waals surface area contributed by atoms with E-state index in [0.29, 0.717) is 32.1 Å². The summed E-state index contributed by atoms with van der Waals surface area (Å²) in [5.41, 5.74) is 4.93. The van der Waals surface area contributed by atoms with Gasteiger partial charge in [0.2, 0.25) is 5.91 Å². The lowest BCUT2D eigenvalue weighted by molar-refractivity contribution is -0.143. The predicted octanol–water partition coefficient (Wildman–Crippen LogP) is 5.33. The van der Waals surface area contributed by atoms with Crippen LogP contribution in [0, 0.1) is 5.41 Å². The fourth-order valence-electron chi connectivity index (χ4n) is 8.46. The molecule has 0 bridgehead atoms. The molecule has 1 aliphatic carbocycles. The average molecular weight is 676 g/mol. The van der Waals surface area contributed by atoms with E-state index in [0.717, 1.165) is 91.6 Å². The molecular weight excluding hydrogens is 627 g/mol. The molecule has 11 heteroatoms. The number of methoxy groups -OCH3 is 1. The SMILES string of the molecule is COc1ccc2c(c1)C(C)C(C)(C(=O)N1CCCN(C)CC1)Cn1c-2c(C2CCCCC2)c2ccc(C(=O)NS(=O)(=O)N3CCC3)cc21. The highest BCUT2D eigenvalue weighted by molar-refractivity contribution is 7.87. The number of likely N-dealkylation sites (N-methyl/N-ethyl adjacent to an activating group) is 1. The van der Waals surface area contributed by atoms with E-state index >= 15 is 0 Å². The van der Waals surface area contributed by atoms with Gasteiger partial charge in [-0.2, -0.15) is 12.7 Å². The highest BCUT2D eigenvalue weighted by atomic mass is 32.2. The summed E-state index contributed by atoms with van der Waals surface area (Å²) in [6.45, 7) is 8.76. The number of nitrogens with one attached hydrogen (secondary N) is 1. The van der Waals surface area contributed by atoms with Gasteiger partial charge in [-0.05, 0) is 99.5 Å². The highest BCUT2D eigenvalue weighted by Gasteiger charge is 2.47. The number of hydrogen-bond donors (Lipinski definition) is 1. The molecule has 3 fully saturated rings. The number of carbonyl (C=O) groups excluding carboxylic acids is 2. The Kier molecular flexibility index (Phi) is 8.83. The first-order chi connectivity index (χ1) is 23.0. The topological polar surface area (TPSA) is 104 Å². The molecule has 7 rings (SSSR count). The maximum absolute atomic E-state index is 14.9. The molecule has 0 spiro atoms. The molecule has 3 aliphatic heterocycles. The monoisotopic (exact) mass is 675 g/mol. The zero-order valence-corrected chi connectivity index (χ0v) is 29.6. The average Bonchev–Trinajstić information content (AvgIpc) is 3.13. The zero-order chi connectivity index (χ0) is 33.8. The van der Waals surface area contributed by atoms with E-state index in [1.165, 1.54) is 16.3 Å². The van der Waals surface area contributed by atoms with Crippen molar-refractivity contribution >= 4 is 32.9 Å². The zero-order valence-electron chi connectivity index (χ0n) is 28.8. The van der Waals surface area contributed by atoms with Crippen LogP contribution in [0.15, 0.2) is 36.4 Å². The van der Waals surface area contributed by atoms with E-state index in [1.807, 2.05) is 18.2 Å². The summed E-state index contributed by atoms with van der Waals surface area (Å²) in [6.07, 6.45) is 7.44. The van der Waals surface area contributed by atoms with Gasteiger partial charge < -0.3 is 19.1 Å². The Hall–Kier alpha value is -3.41. The quantitative estimate of drug-likeness (QED) is 0.379. The maximum atomic E-state index is 14.9. The normalized spacial score (nSPS) is 24.2. The molecule has 2 saturated heterocycles. The van der Waals surface area contributed by atoms with E-state index in [4.69, 9.17) is 4.74 Å². The summed E-state index contributed by atoms with van der Waals surface area (Å²) in [4.78, 5) is 32.7. The third kappa shape index (κ3) is 5.71. The Morgan fingerprint density at radius 2 is 1.67 bits per heavy atom. The van der Waals surface area contributed by atoms with Gasteiger partial charge in [0.1, 0.15) is 5.75 Å². The Bertz CT molecular complexity index is 1840. The number of aromatic nitrogens is 1. The Morgan fingerprint density at radius 1 is 0.917 bits per heavy atom. The van der Waals surface area contributed by atoms with Crippen LogP contribution in [0.25, 0.3) is 22.2 Å². The van der Waals surface area contributed by atoms with Gasteiger partial charge >= 0.3 is 10.2 Å². The van der Waals surface area contributed by atoms with E-state index in [1.54, 1.807) is 13.2 Å². The molecule has 3 aromatic rings. The van der Waals surface area contributed by atoms with Gasteiger partial charge in [-0.15, -0.1) is 0 Å². The van der Waals surface area contributed by atoms with Crippen LogP contribution in [0.4, 0.5) is 0 Å². The Labute approximate surface area is 284 Å². The van der Waals surface area contributed by atoms with Crippen molar-refractivity contribution in [3.05, 3.63) is 53.1 Å². The lowest BCUT2D eigenvalue weighted by Gasteiger charge is -2.38. The van der Waals surface area contributed by atoms with E-state index in [2.05, 4.69) is 52.1 Å². The summed E-state index contributed by atoms with van der Waals surface area (Å²) < 4.78 is 37.3. The first-order valence-corrected chi connectivity index (χ1v) is 19.1. The van der Waals surface area contributed by atoms with Crippen LogP contribution in [0.1, 0.15) is 92.1 Å². The van der Waals surface area contributed by atoms with E-state index in [-0.39, 0.29) is 17.4 Å². The molecule has 258 valence electrons. The number of benzene rings is 2. The molecule has 0 radical (unpaired) electrons. The van der Waals surface area contributed by atoms with Gasteiger partial charge in [-0.1, -0.05) is 32.3 Å². The smallest absolute Gasteiger partial charge is 0.304 e. The molecule has 48 heavy (non-hydrogen) atoms. The van der Waals surface area contributed by atoms with Crippen molar-refractivity contribution in [1.29, 1.82) is 0 Å². The van der Waals surface area contributed by atoms with Gasteiger partial charge in [0.15, 0.2) is 0 Å². The third-order valence-electron chi connectivity index (χ3n) is 11.7. The summed E-state index contributed by atoms with van der Waals surface area (Å²) >= 11 is 0. The van der Waals surface area contributed by atoms with Crippen LogP contribution in [-0.2, 0) is 21.5 Å². The van der Waals surface area contributed by atoms with Crippen molar-refractivity contribution in [3.63, 3.8) is 0 Å². The molecular formula is C37H49N5O5S. The number of carbonyl (C=O) groups is 2. The third-order valence-corrected chi connectivity index (χ3v) is 13.2. The second kappa shape index (κ2) is 12.8. The minimum Gasteiger partial charge on any atom is -0.497 e. The lowest BCUT2D eigenvalue weighted by atomic mass is 9.72. The molecule has 1 N–H and O–H groups in total. The van der Waals surface area contributed by atoms with Gasteiger partial charge in [-0.3, -0.25) is 9.59 Å². The molecule has 2 aromatic carbocycles. The van der Waals surface area contributed by atoms with Crippen LogP contribution in [0.5, 0.6) is 5.75 Å². The largest absolute Gasteiger partial charge is 0.497 e. The fraction of sp³-hybridized carbons (Fsp3) is 0.568. The second-order valence-corrected chi connectivity index (χ2v) is 16.3. The molecule has 2 atom stereocenters.